The third-order valence-corrected chi connectivity index (χ3v) is 6.89. The Balaban J connectivity index is 2.08. The molecule has 0 saturated heterocycles. The van der Waals surface area contributed by atoms with Crippen LogP contribution in [0, 0.1) is 5.92 Å². The summed E-state index contributed by atoms with van der Waals surface area (Å²) in [5, 5.41) is 1.04. The summed E-state index contributed by atoms with van der Waals surface area (Å²) in [6.07, 6.45) is 10.8. The summed E-state index contributed by atoms with van der Waals surface area (Å²) in [5.74, 6) is 0.964. The Morgan fingerprint density at radius 2 is 2.09 bits per heavy atom. The number of hydrogen-bond donors (Lipinski definition) is 1. The molecular weight excluding hydrogens is 322 g/mol. The van der Waals surface area contributed by atoms with Crippen molar-refractivity contribution in [2.45, 2.75) is 56.3 Å². The van der Waals surface area contributed by atoms with E-state index in [-0.39, 0.29) is 0 Å². The summed E-state index contributed by atoms with van der Waals surface area (Å²) in [6, 6.07) is 1.20. The molecule has 0 unspecified atom stereocenters. The molecule has 1 aromatic rings. The summed E-state index contributed by atoms with van der Waals surface area (Å²) in [7, 11) is -1.04. The van der Waals surface area contributed by atoms with Crippen LogP contribution in [0.4, 0.5) is 0 Å². The first-order valence-electron chi connectivity index (χ1n) is 8.48. The van der Waals surface area contributed by atoms with Gasteiger partial charge in [0.1, 0.15) is 6.73 Å². The molecule has 0 spiro atoms. The third-order valence-electron chi connectivity index (χ3n) is 4.50. The van der Waals surface area contributed by atoms with Crippen molar-refractivity contribution in [1.29, 1.82) is 0 Å². The zero-order valence-electron chi connectivity index (χ0n) is 14.9. The molecule has 0 aliphatic heterocycles. The lowest BCUT2D eigenvalue weighted by Gasteiger charge is -2.28. The number of ether oxygens (including phenoxy) is 1. The van der Waals surface area contributed by atoms with Gasteiger partial charge in [0.15, 0.2) is 5.16 Å². The Morgan fingerprint density at radius 1 is 1.35 bits per heavy atom. The molecule has 1 aliphatic rings. The van der Waals surface area contributed by atoms with Crippen molar-refractivity contribution in [3.8, 4) is 0 Å². The monoisotopic (exact) mass is 353 g/mol. The minimum absolute atomic E-state index is 0.457. The molecule has 1 aliphatic carbocycles. The number of rotatable bonds is 8. The van der Waals surface area contributed by atoms with Crippen LogP contribution in [0.1, 0.15) is 24.5 Å². The zero-order chi connectivity index (χ0) is 16.9. The van der Waals surface area contributed by atoms with Crippen LogP contribution < -0.4 is 5.73 Å². The highest BCUT2D eigenvalue weighted by Crippen LogP contribution is 2.35. The first kappa shape index (κ1) is 18.8. The second-order valence-corrected chi connectivity index (χ2v) is 13.9. The smallest absolute Gasteiger partial charge is 0.169 e. The molecule has 0 aromatic carbocycles. The van der Waals surface area contributed by atoms with Gasteiger partial charge in [0.25, 0.3) is 0 Å². The SMILES string of the molecule is CSc1ncc([C@H]2CC=CC[C@@H]2CN)n1COCC[Si](C)(C)C. The van der Waals surface area contributed by atoms with Gasteiger partial charge in [-0.3, -0.25) is 4.57 Å². The molecular formula is C17H31N3OSSi. The predicted octanol–water partition coefficient (Wildman–Crippen LogP) is 3.93. The third kappa shape index (κ3) is 5.21. The molecule has 23 heavy (non-hydrogen) atoms. The van der Waals surface area contributed by atoms with Crippen molar-refractivity contribution >= 4 is 19.8 Å². The number of thioether (sulfide) groups is 1. The van der Waals surface area contributed by atoms with Gasteiger partial charge in [-0.15, -0.1) is 0 Å². The molecule has 2 rings (SSSR count). The van der Waals surface area contributed by atoms with E-state index >= 15 is 0 Å². The van der Waals surface area contributed by atoms with Gasteiger partial charge in [-0.05, 0) is 37.6 Å². The minimum Gasteiger partial charge on any atom is -0.361 e. The molecule has 0 fully saturated rings. The van der Waals surface area contributed by atoms with Crippen LogP contribution in [0.15, 0.2) is 23.5 Å². The lowest BCUT2D eigenvalue weighted by molar-refractivity contribution is 0.0777. The summed E-state index contributed by atoms with van der Waals surface area (Å²) >= 11 is 1.68. The van der Waals surface area contributed by atoms with Gasteiger partial charge in [-0.2, -0.15) is 0 Å². The van der Waals surface area contributed by atoms with Gasteiger partial charge >= 0.3 is 0 Å². The average Bonchev–Trinajstić information content (AvgIpc) is 2.93. The highest BCUT2D eigenvalue weighted by Gasteiger charge is 2.27. The predicted molar refractivity (Wildman–Crippen MR) is 102 cm³/mol. The standard InChI is InChI=1S/C17H31N3OSSi/c1-22-17-19-12-16(15-8-6-5-7-14(15)11-18)20(17)13-21-9-10-23(2,3)4/h5-6,12,14-15H,7-11,13,18H2,1-4H3/t14-,15+/m1/s1. The van der Waals surface area contributed by atoms with E-state index in [1.54, 1.807) is 11.8 Å². The van der Waals surface area contributed by atoms with E-state index in [1.165, 1.54) is 11.7 Å². The Morgan fingerprint density at radius 3 is 2.74 bits per heavy atom. The number of allylic oxidation sites excluding steroid dienone is 2. The zero-order valence-corrected chi connectivity index (χ0v) is 16.7. The van der Waals surface area contributed by atoms with Crippen molar-refractivity contribution in [2.75, 3.05) is 19.4 Å². The van der Waals surface area contributed by atoms with Crippen LogP contribution in [0.2, 0.25) is 25.7 Å². The molecule has 4 nitrogen and oxygen atoms in total. The molecule has 0 amide bonds. The molecule has 0 radical (unpaired) electrons. The van der Waals surface area contributed by atoms with Gasteiger partial charge < -0.3 is 10.5 Å². The molecule has 6 heteroatoms. The van der Waals surface area contributed by atoms with Crippen LogP contribution in [0.25, 0.3) is 0 Å². The van der Waals surface area contributed by atoms with Crippen LogP contribution in [0.3, 0.4) is 0 Å². The van der Waals surface area contributed by atoms with Crippen molar-refractivity contribution < 1.29 is 4.74 Å². The number of imidazole rings is 1. The first-order chi connectivity index (χ1) is 11.0. The quantitative estimate of drug-likeness (QED) is 0.333. The van der Waals surface area contributed by atoms with E-state index in [1.807, 2.05) is 6.20 Å². The largest absolute Gasteiger partial charge is 0.361 e. The average molecular weight is 354 g/mol. The maximum absolute atomic E-state index is 5.99. The summed E-state index contributed by atoms with van der Waals surface area (Å²) in [6.45, 7) is 9.32. The fourth-order valence-corrected chi connectivity index (χ4v) is 4.28. The number of nitrogens with two attached hydrogens (primary N) is 1. The first-order valence-corrected chi connectivity index (χ1v) is 13.4. The van der Waals surface area contributed by atoms with Gasteiger partial charge in [-0.25, -0.2) is 4.98 Å². The molecule has 130 valence electrons. The second-order valence-electron chi connectivity index (χ2n) is 7.49. The van der Waals surface area contributed by atoms with Crippen LogP contribution in [0.5, 0.6) is 0 Å². The van der Waals surface area contributed by atoms with E-state index in [9.17, 15) is 0 Å². The minimum atomic E-state index is -1.04. The van der Waals surface area contributed by atoms with E-state index in [2.05, 4.69) is 47.6 Å². The Kier molecular flexibility index (Phi) is 6.94. The van der Waals surface area contributed by atoms with Crippen molar-refractivity contribution in [3.05, 3.63) is 24.0 Å². The summed E-state index contributed by atoms with van der Waals surface area (Å²) < 4.78 is 8.24. The van der Waals surface area contributed by atoms with Crippen molar-refractivity contribution in [1.82, 2.24) is 9.55 Å². The number of nitrogens with zero attached hydrogens (tertiary/aromatic N) is 2. The lowest BCUT2D eigenvalue weighted by atomic mass is 9.81. The summed E-state index contributed by atoms with van der Waals surface area (Å²) in [4.78, 5) is 4.60. The normalized spacial score (nSPS) is 21.8. The highest BCUT2D eigenvalue weighted by molar-refractivity contribution is 7.98. The molecule has 1 heterocycles. The lowest BCUT2D eigenvalue weighted by Crippen LogP contribution is -2.26. The van der Waals surface area contributed by atoms with Gasteiger partial charge in [0.2, 0.25) is 0 Å². The fraction of sp³-hybridized carbons (Fsp3) is 0.706. The Labute approximate surface area is 145 Å². The highest BCUT2D eigenvalue weighted by atomic mass is 32.2. The van der Waals surface area contributed by atoms with Gasteiger partial charge in [0.05, 0.1) is 0 Å². The molecule has 2 N–H and O–H groups in total. The van der Waals surface area contributed by atoms with Crippen molar-refractivity contribution in [2.24, 2.45) is 11.7 Å². The fourth-order valence-electron chi connectivity index (χ4n) is 2.99. The van der Waals surface area contributed by atoms with E-state index in [0.717, 1.165) is 31.1 Å². The number of hydrogen-bond acceptors (Lipinski definition) is 4. The van der Waals surface area contributed by atoms with Crippen LogP contribution in [-0.2, 0) is 11.5 Å². The van der Waals surface area contributed by atoms with Crippen molar-refractivity contribution in [3.63, 3.8) is 0 Å². The number of aromatic nitrogens is 2. The molecule has 0 saturated carbocycles. The maximum Gasteiger partial charge on any atom is 0.169 e. The maximum atomic E-state index is 5.99. The second kappa shape index (κ2) is 8.51. The molecule has 0 bridgehead atoms. The Bertz CT molecular complexity index is 524. The van der Waals surface area contributed by atoms with Crippen LogP contribution in [-0.4, -0.2) is 37.0 Å². The summed E-state index contributed by atoms with van der Waals surface area (Å²) in [5.41, 5.74) is 7.27. The molecule has 1 aromatic heterocycles. The molecule has 2 atom stereocenters. The van der Waals surface area contributed by atoms with E-state index in [4.69, 9.17) is 10.5 Å². The van der Waals surface area contributed by atoms with Gasteiger partial charge in [0, 0.05) is 32.5 Å². The Hall–Kier alpha value is -0.563. The van der Waals surface area contributed by atoms with Crippen LogP contribution >= 0.6 is 11.8 Å². The van der Waals surface area contributed by atoms with E-state index in [0.29, 0.717) is 18.6 Å². The topological polar surface area (TPSA) is 53.1 Å². The van der Waals surface area contributed by atoms with E-state index < -0.39 is 8.07 Å². The van der Waals surface area contributed by atoms with Gasteiger partial charge in [-0.1, -0.05) is 43.6 Å².